The summed E-state index contributed by atoms with van der Waals surface area (Å²) in [5, 5.41) is 8.02. The summed E-state index contributed by atoms with van der Waals surface area (Å²) in [7, 11) is 0. The van der Waals surface area contributed by atoms with Crippen molar-refractivity contribution in [1.29, 1.82) is 0 Å². The van der Waals surface area contributed by atoms with Crippen LogP contribution in [0, 0.1) is 0 Å². The van der Waals surface area contributed by atoms with Crippen molar-refractivity contribution in [2.45, 2.75) is 25.4 Å². The minimum Gasteiger partial charge on any atom is -0.385 e. The summed E-state index contributed by atoms with van der Waals surface area (Å²) >= 11 is 1.47. The van der Waals surface area contributed by atoms with Gasteiger partial charge in [0.1, 0.15) is 0 Å². The maximum Gasteiger partial charge on any atom is 0.251 e. The lowest BCUT2D eigenvalue weighted by Crippen LogP contribution is -2.31. The molecular weight excluding hydrogens is 336 g/mol. The van der Waals surface area contributed by atoms with E-state index in [9.17, 15) is 9.59 Å². The minimum atomic E-state index is -0.0880. The van der Waals surface area contributed by atoms with Gasteiger partial charge in [0.05, 0.1) is 11.0 Å². The Hall–Kier alpha value is -2.18. The standard InChI is InChI=1S/C19H22N2O3S/c22-17(18-4-2-12-25-18)9-10-20-15-7-5-14(6-8-15)19(23)21-13-16-3-1-11-24-16/h2,4-8,12,16,20H,1,3,9-11,13H2,(H,21,23)/t16-/m1/s1. The second-order valence-electron chi connectivity index (χ2n) is 6.00. The number of thiophene rings is 1. The predicted octanol–water partition coefficient (Wildman–Crippen LogP) is 3.34. The molecule has 1 aromatic heterocycles. The molecule has 132 valence electrons. The summed E-state index contributed by atoms with van der Waals surface area (Å²) in [6, 6.07) is 11.0. The number of amides is 1. The number of rotatable bonds is 8. The summed E-state index contributed by atoms with van der Waals surface area (Å²) in [6.07, 6.45) is 2.67. The van der Waals surface area contributed by atoms with Crippen molar-refractivity contribution in [2.75, 3.05) is 25.0 Å². The highest BCUT2D eigenvalue weighted by Gasteiger charge is 2.16. The largest absolute Gasteiger partial charge is 0.385 e. The zero-order valence-corrected chi connectivity index (χ0v) is 14.8. The third-order valence-corrected chi connectivity index (χ3v) is 5.05. The number of anilines is 1. The second kappa shape index (κ2) is 8.78. The molecule has 0 saturated carbocycles. The van der Waals surface area contributed by atoms with Crippen LogP contribution < -0.4 is 10.6 Å². The van der Waals surface area contributed by atoms with Gasteiger partial charge in [0.2, 0.25) is 0 Å². The smallest absolute Gasteiger partial charge is 0.251 e. The van der Waals surface area contributed by atoms with Crippen molar-refractivity contribution in [3.8, 4) is 0 Å². The molecule has 0 spiro atoms. The molecule has 1 aliphatic rings. The summed E-state index contributed by atoms with van der Waals surface area (Å²) in [6.45, 7) is 1.92. The quantitative estimate of drug-likeness (QED) is 0.710. The van der Waals surface area contributed by atoms with E-state index in [4.69, 9.17) is 4.74 Å². The number of benzene rings is 1. The van der Waals surface area contributed by atoms with Gasteiger partial charge >= 0.3 is 0 Å². The molecule has 1 amide bonds. The Kier molecular flexibility index (Phi) is 6.19. The summed E-state index contributed by atoms with van der Waals surface area (Å²) in [5.74, 6) is 0.0579. The monoisotopic (exact) mass is 358 g/mol. The molecule has 1 fully saturated rings. The van der Waals surface area contributed by atoms with E-state index in [1.165, 1.54) is 11.3 Å². The van der Waals surface area contributed by atoms with Crippen molar-refractivity contribution < 1.29 is 14.3 Å². The van der Waals surface area contributed by atoms with E-state index in [0.717, 1.165) is 30.0 Å². The van der Waals surface area contributed by atoms with Crippen LogP contribution in [0.3, 0.4) is 0 Å². The zero-order valence-electron chi connectivity index (χ0n) is 14.0. The number of carbonyl (C=O) groups is 2. The molecule has 6 heteroatoms. The Morgan fingerprint density at radius 2 is 2.04 bits per heavy atom. The van der Waals surface area contributed by atoms with E-state index >= 15 is 0 Å². The van der Waals surface area contributed by atoms with Gasteiger partial charge in [-0.3, -0.25) is 9.59 Å². The first-order valence-corrected chi connectivity index (χ1v) is 9.41. The third-order valence-electron chi connectivity index (χ3n) is 4.14. The van der Waals surface area contributed by atoms with Gasteiger partial charge in [-0.25, -0.2) is 0 Å². The van der Waals surface area contributed by atoms with E-state index in [0.29, 0.717) is 25.1 Å². The third kappa shape index (κ3) is 5.14. The van der Waals surface area contributed by atoms with E-state index in [1.54, 1.807) is 12.1 Å². The van der Waals surface area contributed by atoms with Crippen molar-refractivity contribution in [2.24, 2.45) is 0 Å². The summed E-state index contributed by atoms with van der Waals surface area (Å²) in [4.78, 5) is 24.8. The van der Waals surface area contributed by atoms with Crippen LogP contribution in [0.15, 0.2) is 41.8 Å². The number of ketones is 1. The van der Waals surface area contributed by atoms with Gasteiger partial charge in [0, 0.05) is 37.4 Å². The lowest BCUT2D eigenvalue weighted by Gasteiger charge is -2.11. The highest BCUT2D eigenvalue weighted by Crippen LogP contribution is 2.14. The molecule has 0 bridgehead atoms. The molecule has 1 saturated heterocycles. The molecule has 1 aromatic carbocycles. The van der Waals surface area contributed by atoms with E-state index in [2.05, 4.69) is 10.6 Å². The van der Waals surface area contributed by atoms with Crippen LogP contribution in [-0.2, 0) is 4.74 Å². The molecule has 2 heterocycles. The highest BCUT2D eigenvalue weighted by atomic mass is 32.1. The van der Waals surface area contributed by atoms with Crippen molar-refractivity contribution in [3.63, 3.8) is 0 Å². The maximum atomic E-state index is 12.1. The van der Waals surface area contributed by atoms with Crippen LogP contribution in [0.5, 0.6) is 0 Å². The molecule has 0 unspecified atom stereocenters. The Labute approximate surface area is 151 Å². The average Bonchev–Trinajstić information content (AvgIpc) is 3.34. The van der Waals surface area contributed by atoms with Gasteiger partial charge in [-0.2, -0.15) is 0 Å². The predicted molar refractivity (Wildman–Crippen MR) is 99.5 cm³/mol. The van der Waals surface area contributed by atoms with E-state index < -0.39 is 0 Å². The lowest BCUT2D eigenvalue weighted by molar-refractivity contribution is 0.0857. The molecule has 1 atom stereocenters. The van der Waals surface area contributed by atoms with Gasteiger partial charge in [-0.1, -0.05) is 6.07 Å². The van der Waals surface area contributed by atoms with Crippen LogP contribution in [0.2, 0.25) is 0 Å². The molecule has 5 nitrogen and oxygen atoms in total. The van der Waals surface area contributed by atoms with Gasteiger partial charge < -0.3 is 15.4 Å². The van der Waals surface area contributed by atoms with Crippen LogP contribution in [0.1, 0.15) is 39.3 Å². The fraction of sp³-hybridized carbons (Fsp3) is 0.368. The first kappa shape index (κ1) is 17.6. The Morgan fingerprint density at radius 1 is 1.20 bits per heavy atom. The Morgan fingerprint density at radius 3 is 2.72 bits per heavy atom. The normalized spacial score (nSPS) is 16.6. The number of Topliss-reactive ketones (excluding diaryl/α,β-unsaturated/α-hetero) is 1. The summed E-state index contributed by atoms with van der Waals surface area (Å²) in [5.41, 5.74) is 1.52. The second-order valence-corrected chi connectivity index (χ2v) is 6.95. The fourth-order valence-electron chi connectivity index (χ4n) is 2.73. The van der Waals surface area contributed by atoms with Crippen LogP contribution in [-0.4, -0.2) is 37.5 Å². The van der Waals surface area contributed by atoms with Crippen LogP contribution >= 0.6 is 11.3 Å². The zero-order chi connectivity index (χ0) is 17.5. The molecule has 3 rings (SSSR count). The lowest BCUT2D eigenvalue weighted by atomic mass is 10.1. The van der Waals surface area contributed by atoms with Crippen molar-refractivity contribution in [3.05, 3.63) is 52.2 Å². The number of carbonyl (C=O) groups excluding carboxylic acids is 2. The number of hydrogen-bond donors (Lipinski definition) is 2. The molecule has 1 aliphatic heterocycles. The molecule has 2 aromatic rings. The van der Waals surface area contributed by atoms with Crippen LogP contribution in [0.4, 0.5) is 5.69 Å². The van der Waals surface area contributed by atoms with Gasteiger partial charge in [-0.15, -0.1) is 11.3 Å². The van der Waals surface area contributed by atoms with E-state index in [1.807, 2.05) is 29.6 Å². The van der Waals surface area contributed by atoms with Crippen molar-refractivity contribution in [1.82, 2.24) is 5.32 Å². The number of nitrogens with one attached hydrogen (secondary N) is 2. The highest BCUT2D eigenvalue weighted by molar-refractivity contribution is 7.12. The first-order valence-electron chi connectivity index (χ1n) is 8.53. The van der Waals surface area contributed by atoms with Crippen LogP contribution in [0.25, 0.3) is 0 Å². The molecule has 2 N–H and O–H groups in total. The summed E-state index contributed by atoms with van der Waals surface area (Å²) < 4.78 is 5.50. The SMILES string of the molecule is O=C(NC[C@H]1CCCO1)c1ccc(NCCC(=O)c2cccs2)cc1. The molecular formula is C19H22N2O3S. The fourth-order valence-corrected chi connectivity index (χ4v) is 3.43. The Bertz CT molecular complexity index is 692. The van der Waals surface area contributed by atoms with Crippen molar-refractivity contribution >= 4 is 28.7 Å². The van der Waals surface area contributed by atoms with Gasteiger partial charge in [0.25, 0.3) is 5.91 Å². The first-order chi connectivity index (χ1) is 12.2. The Balaban J connectivity index is 1.42. The topological polar surface area (TPSA) is 67.4 Å². The number of ether oxygens (including phenoxy) is 1. The number of hydrogen-bond acceptors (Lipinski definition) is 5. The maximum absolute atomic E-state index is 12.1. The molecule has 0 radical (unpaired) electrons. The minimum absolute atomic E-state index is 0.0880. The average molecular weight is 358 g/mol. The molecule has 25 heavy (non-hydrogen) atoms. The van der Waals surface area contributed by atoms with Gasteiger partial charge in [0.15, 0.2) is 5.78 Å². The van der Waals surface area contributed by atoms with E-state index in [-0.39, 0.29) is 17.8 Å². The van der Waals surface area contributed by atoms with Gasteiger partial charge in [-0.05, 0) is 48.6 Å². The molecule has 0 aliphatic carbocycles.